The van der Waals surface area contributed by atoms with Crippen LogP contribution in [0.3, 0.4) is 0 Å². The summed E-state index contributed by atoms with van der Waals surface area (Å²) in [6, 6.07) is 10.7. The highest BCUT2D eigenvalue weighted by Crippen LogP contribution is 2.43. The van der Waals surface area contributed by atoms with Crippen LogP contribution in [-0.4, -0.2) is 46.2 Å². The van der Waals surface area contributed by atoms with Crippen molar-refractivity contribution in [2.75, 3.05) is 24.7 Å². The van der Waals surface area contributed by atoms with E-state index in [1.165, 1.54) is 6.07 Å². The summed E-state index contributed by atoms with van der Waals surface area (Å²) >= 11 is 0. The molecule has 10 heteroatoms. The van der Waals surface area contributed by atoms with E-state index < -0.39 is 18.1 Å². The molecule has 204 valence electrons. The van der Waals surface area contributed by atoms with Crippen LogP contribution in [0.2, 0.25) is 0 Å². The average Bonchev–Trinajstić information content (AvgIpc) is 3.41. The molecule has 4 aromatic rings. The van der Waals surface area contributed by atoms with Crippen molar-refractivity contribution in [3.8, 4) is 11.1 Å². The highest BCUT2D eigenvalue weighted by atomic mass is 19.3. The van der Waals surface area contributed by atoms with Gasteiger partial charge >= 0.3 is 0 Å². The first-order valence-electron chi connectivity index (χ1n) is 13.1. The number of benzene rings is 2. The van der Waals surface area contributed by atoms with Crippen molar-refractivity contribution in [1.29, 1.82) is 0 Å². The maximum Gasteiger partial charge on any atom is 0.291 e. The molecule has 0 atom stereocenters. The van der Waals surface area contributed by atoms with E-state index in [2.05, 4.69) is 10.1 Å². The van der Waals surface area contributed by atoms with Gasteiger partial charge in [0.2, 0.25) is 0 Å². The minimum atomic E-state index is -2.72. The lowest BCUT2D eigenvalue weighted by Gasteiger charge is -2.33. The number of pyridine rings is 1. The van der Waals surface area contributed by atoms with E-state index in [1.807, 2.05) is 29.2 Å². The lowest BCUT2D eigenvalue weighted by atomic mass is 9.92. The number of fused-ring (bicyclic) bond motifs is 2. The van der Waals surface area contributed by atoms with Gasteiger partial charge in [0.15, 0.2) is 0 Å². The third-order valence-electron chi connectivity index (χ3n) is 7.48. The van der Waals surface area contributed by atoms with Crippen LogP contribution in [0, 0.1) is 0 Å². The normalized spacial score (nSPS) is 15.3. The average molecular weight is 544 g/mol. The molecule has 4 heterocycles. The molecule has 0 bridgehead atoms. The van der Waals surface area contributed by atoms with E-state index in [4.69, 9.17) is 10.5 Å². The number of aromatic nitrogens is 3. The van der Waals surface area contributed by atoms with E-state index in [-0.39, 0.29) is 11.3 Å². The van der Waals surface area contributed by atoms with Crippen molar-refractivity contribution in [2.45, 2.75) is 25.7 Å². The summed E-state index contributed by atoms with van der Waals surface area (Å²) in [5, 5.41) is 5.60. The number of rotatable bonds is 6. The first-order valence-corrected chi connectivity index (χ1v) is 13.1. The molecule has 0 saturated carbocycles. The summed E-state index contributed by atoms with van der Waals surface area (Å²) in [6.07, 6.45) is 4.81. The summed E-state index contributed by atoms with van der Waals surface area (Å²) in [6.45, 7) is 1.65. The Morgan fingerprint density at radius 3 is 2.65 bits per heavy atom. The summed E-state index contributed by atoms with van der Waals surface area (Å²) < 4.78 is 35.9. The Morgan fingerprint density at radius 2 is 1.95 bits per heavy atom. The van der Waals surface area contributed by atoms with Gasteiger partial charge in [-0.1, -0.05) is 18.2 Å². The smallest absolute Gasteiger partial charge is 0.291 e. The van der Waals surface area contributed by atoms with Crippen LogP contribution in [0.5, 0.6) is 0 Å². The number of hydrogen-bond donors (Lipinski definition) is 1. The fraction of sp³-hybridized carbons (Fsp3) is 0.267. The van der Waals surface area contributed by atoms with Gasteiger partial charge in [0, 0.05) is 42.0 Å². The van der Waals surface area contributed by atoms with E-state index in [9.17, 15) is 18.4 Å². The Bertz CT molecular complexity index is 1690. The Labute approximate surface area is 229 Å². The number of aryl methyl sites for hydroxylation is 2. The summed E-state index contributed by atoms with van der Waals surface area (Å²) in [5.74, 6) is -1.59. The molecule has 0 aliphatic carbocycles. The zero-order chi connectivity index (χ0) is 28.0. The van der Waals surface area contributed by atoms with E-state index >= 15 is 0 Å². The number of ketones is 1. The number of amides is 1. The highest BCUT2D eigenvalue weighted by Gasteiger charge is 2.28. The number of primary amides is 1. The molecule has 0 radical (unpaired) electrons. The Balaban J connectivity index is 1.56. The molecule has 40 heavy (non-hydrogen) atoms. The number of nitrogens with zero attached hydrogens (tertiary/aromatic N) is 4. The van der Waals surface area contributed by atoms with Gasteiger partial charge in [-0.05, 0) is 71.2 Å². The van der Waals surface area contributed by atoms with Crippen molar-refractivity contribution in [3.05, 3.63) is 77.3 Å². The number of alkyl halides is 2. The third-order valence-corrected chi connectivity index (χ3v) is 7.48. The van der Waals surface area contributed by atoms with Gasteiger partial charge in [-0.15, -0.1) is 0 Å². The van der Waals surface area contributed by atoms with Crippen molar-refractivity contribution >= 4 is 39.5 Å². The van der Waals surface area contributed by atoms with Crippen LogP contribution in [0.1, 0.15) is 46.4 Å². The molecule has 2 N–H and O–H groups in total. The second-order valence-electron chi connectivity index (χ2n) is 10.0. The Kier molecular flexibility index (Phi) is 6.63. The molecule has 1 amide bonds. The van der Waals surface area contributed by atoms with Gasteiger partial charge in [-0.25, -0.2) is 13.8 Å². The first-order chi connectivity index (χ1) is 19.3. The van der Waals surface area contributed by atoms with Gasteiger partial charge in [-0.3, -0.25) is 14.3 Å². The van der Waals surface area contributed by atoms with Crippen LogP contribution in [0.15, 0.2) is 54.9 Å². The summed E-state index contributed by atoms with van der Waals surface area (Å²) in [7, 11) is 1.74. The number of ether oxygens (including phenoxy) is 1. The molecule has 0 unspecified atom stereocenters. The molecular weight excluding hydrogens is 516 g/mol. The largest absolute Gasteiger partial charge is 0.377 e. The Hall–Kier alpha value is -4.44. The number of carbonyl (C=O) groups is 2. The minimum Gasteiger partial charge on any atom is -0.377 e. The van der Waals surface area contributed by atoms with Gasteiger partial charge < -0.3 is 15.4 Å². The van der Waals surface area contributed by atoms with Gasteiger partial charge in [0.1, 0.15) is 11.5 Å². The molecular formula is C30H27F2N5O3. The fourth-order valence-corrected chi connectivity index (χ4v) is 5.53. The van der Waals surface area contributed by atoms with Crippen LogP contribution < -0.4 is 10.6 Å². The molecule has 2 aromatic carbocycles. The summed E-state index contributed by atoms with van der Waals surface area (Å²) in [4.78, 5) is 30.9. The first kappa shape index (κ1) is 25.8. The van der Waals surface area contributed by atoms with Gasteiger partial charge in [0.05, 0.1) is 19.4 Å². The number of anilines is 2. The number of carbonyl (C=O) groups excluding carboxylic acids is 2. The number of halogens is 2. The van der Waals surface area contributed by atoms with Gasteiger partial charge in [-0.2, -0.15) is 5.10 Å². The quantitative estimate of drug-likeness (QED) is 0.267. The molecule has 2 aliphatic heterocycles. The molecule has 6 rings (SSSR count). The summed E-state index contributed by atoms with van der Waals surface area (Å²) in [5.41, 5.74) is 9.79. The third kappa shape index (κ3) is 4.64. The lowest BCUT2D eigenvalue weighted by molar-refractivity contribution is -0.114. The van der Waals surface area contributed by atoms with Crippen LogP contribution in [0.4, 0.5) is 20.3 Å². The topological polar surface area (TPSA) is 103 Å². The van der Waals surface area contributed by atoms with Gasteiger partial charge in [0.25, 0.3) is 18.1 Å². The van der Waals surface area contributed by atoms with Crippen LogP contribution in [-0.2, 0) is 23.0 Å². The molecule has 2 aromatic heterocycles. The zero-order valence-corrected chi connectivity index (χ0v) is 21.9. The second kappa shape index (κ2) is 10.3. The van der Waals surface area contributed by atoms with Crippen LogP contribution >= 0.6 is 0 Å². The SMILES string of the molecule is Cn1cc(-c2cc3c(cc2C(F)F)N(c2nc(C(=O)C(N)=O)cc4ccc(C5=CCOCC5)cc24)CCC3)cn1. The minimum absolute atomic E-state index is 0.0822. The van der Waals surface area contributed by atoms with E-state index in [0.29, 0.717) is 54.2 Å². The van der Waals surface area contributed by atoms with Crippen molar-refractivity contribution in [1.82, 2.24) is 14.8 Å². The Morgan fingerprint density at radius 1 is 1.10 bits per heavy atom. The molecule has 2 aliphatic rings. The van der Waals surface area contributed by atoms with Crippen molar-refractivity contribution in [2.24, 2.45) is 12.8 Å². The van der Waals surface area contributed by atoms with E-state index in [0.717, 1.165) is 34.9 Å². The second-order valence-corrected chi connectivity index (χ2v) is 10.0. The monoisotopic (exact) mass is 543 g/mol. The molecule has 0 spiro atoms. The van der Waals surface area contributed by atoms with Crippen molar-refractivity contribution in [3.63, 3.8) is 0 Å². The number of Topliss-reactive ketones (excluding diaryl/α,β-unsaturated/α-hetero) is 1. The standard InChI is InChI=1S/C30H27F2N5O3/c1-36-16-21(15-34-36)22-12-20-3-2-8-37(26(20)14-24(22)28(31)32)30-23-11-18(17-6-9-40-10-7-17)4-5-19(23)13-25(35-30)27(38)29(33)39/h4-6,11-16,28H,2-3,7-10H2,1H3,(H2,33,39). The lowest BCUT2D eigenvalue weighted by Crippen LogP contribution is -2.28. The van der Waals surface area contributed by atoms with E-state index in [1.54, 1.807) is 36.3 Å². The van der Waals surface area contributed by atoms with Crippen LogP contribution in [0.25, 0.3) is 27.5 Å². The molecule has 8 nitrogen and oxygen atoms in total. The maximum atomic E-state index is 14.4. The molecule has 0 saturated heterocycles. The predicted octanol–water partition coefficient (Wildman–Crippen LogP) is 5.13. The number of hydrogen-bond acceptors (Lipinski definition) is 6. The zero-order valence-electron chi connectivity index (χ0n) is 21.9. The highest BCUT2D eigenvalue weighted by molar-refractivity contribution is 6.42. The predicted molar refractivity (Wildman–Crippen MR) is 148 cm³/mol. The fourth-order valence-electron chi connectivity index (χ4n) is 5.53. The maximum absolute atomic E-state index is 14.4. The van der Waals surface area contributed by atoms with Crippen molar-refractivity contribution < 1.29 is 23.1 Å². The molecule has 0 fully saturated rings. The number of nitrogens with two attached hydrogens (primary N) is 1.